The number of cyclic esters (lactones) is 1. The van der Waals surface area contributed by atoms with Crippen LogP contribution >= 0.6 is 0 Å². The van der Waals surface area contributed by atoms with Gasteiger partial charge in [0.25, 0.3) is 0 Å². The fourth-order valence-electron chi connectivity index (χ4n) is 8.22. The van der Waals surface area contributed by atoms with E-state index in [1.807, 2.05) is 25.9 Å². The molecule has 3 aliphatic rings. The first-order chi connectivity index (χ1) is 22.9. The van der Waals surface area contributed by atoms with Crippen molar-refractivity contribution in [3.05, 3.63) is 0 Å². The van der Waals surface area contributed by atoms with Gasteiger partial charge in [-0.15, -0.1) is 0 Å². The van der Waals surface area contributed by atoms with Gasteiger partial charge in [0.2, 0.25) is 0 Å². The summed E-state index contributed by atoms with van der Waals surface area (Å²) in [5, 5.41) is 68.1. The number of hydrogen-bond acceptors (Lipinski definition) is 14. The topological polar surface area (TPSA) is 205 Å². The Morgan fingerprint density at radius 3 is 1.98 bits per heavy atom. The smallest absolute Gasteiger partial charge is 0.311 e. The molecule has 0 bridgehead atoms. The van der Waals surface area contributed by atoms with Crippen LogP contribution in [-0.4, -0.2) is 146 Å². The van der Waals surface area contributed by atoms with Gasteiger partial charge in [0.15, 0.2) is 12.6 Å². The Morgan fingerprint density at radius 2 is 1.44 bits per heavy atom. The first-order valence-corrected chi connectivity index (χ1v) is 18.1. The van der Waals surface area contributed by atoms with Gasteiger partial charge in [-0.2, -0.15) is 0 Å². The Labute approximate surface area is 297 Å². The van der Waals surface area contributed by atoms with Gasteiger partial charge >= 0.3 is 5.97 Å². The molecule has 0 amide bonds. The number of likely N-dealkylation sites (N-methyl/N-ethyl adjacent to an activating group) is 1. The van der Waals surface area contributed by atoms with Crippen LogP contribution in [-0.2, 0) is 33.3 Å². The van der Waals surface area contributed by atoms with Crippen molar-refractivity contribution in [1.29, 1.82) is 0 Å². The monoisotopic (exact) mass is 719 g/mol. The van der Waals surface area contributed by atoms with Crippen molar-refractivity contribution < 1.29 is 63.9 Å². The Morgan fingerprint density at radius 1 is 0.840 bits per heavy atom. The molecule has 18 unspecified atom stereocenters. The minimum atomic E-state index is -2.01. The predicted molar refractivity (Wildman–Crippen MR) is 181 cm³/mol. The Hall–Kier alpha value is -1.30. The molecule has 0 saturated carbocycles. The van der Waals surface area contributed by atoms with Gasteiger partial charge in [0.05, 0.1) is 47.6 Å². The summed E-state index contributed by atoms with van der Waals surface area (Å²) in [7, 11) is 3.67. The summed E-state index contributed by atoms with van der Waals surface area (Å²) < 4.78 is 31.0. The van der Waals surface area contributed by atoms with Gasteiger partial charge in [-0.1, -0.05) is 27.7 Å². The first-order valence-electron chi connectivity index (χ1n) is 18.1. The van der Waals surface area contributed by atoms with Gasteiger partial charge in [-0.05, 0) is 74.9 Å². The number of carbonyl (C=O) groups excluding carboxylic acids is 2. The van der Waals surface area contributed by atoms with E-state index in [1.54, 1.807) is 34.6 Å². The quantitative estimate of drug-likeness (QED) is 0.213. The molecular weight excluding hydrogens is 654 g/mol. The highest BCUT2D eigenvalue weighted by molar-refractivity contribution is 5.83. The number of ketones is 1. The number of hydrogen-bond donors (Lipinski definition) is 6. The molecule has 3 rings (SSSR count). The molecular formula is C36H65NO13. The second-order valence-corrected chi connectivity index (χ2v) is 16.3. The number of carbonyl (C=O) groups is 2. The van der Waals surface area contributed by atoms with E-state index < -0.39 is 108 Å². The number of esters is 1. The second-order valence-electron chi connectivity index (χ2n) is 16.3. The van der Waals surface area contributed by atoms with E-state index in [0.29, 0.717) is 6.42 Å². The average Bonchev–Trinajstić information content (AvgIpc) is 3.01. The number of aliphatic hydroxyl groups is 6. The highest BCUT2D eigenvalue weighted by Gasteiger charge is 2.53. The molecule has 14 heteroatoms. The lowest BCUT2D eigenvalue weighted by Gasteiger charge is -2.48. The predicted octanol–water partition coefficient (Wildman–Crippen LogP) is 1.13. The lowest BCUT2D eigenvalue weighted by Crippen LogP contribution is -2.61. The van der Waals surface area contributed by atoms with Gasteiger partial charge in [0.1, 0.15) is 29.7 Å². The molecule has 292 valence electrons. The van der Waals surface area contributed by atoms with E-state index >= 15 is 0 Å². The third-order valence-corrected chi connectivity index (χ3v) is 11.4. The van der Waals surface area contributed by atoms with Crippen molar-refractivity contribution in [3.63, 3.8) is 0 Å². The molecule has 0 aliphatic carbocycles. The SMILES string of the molecule is CCC1OC(=O)C(C)C(OC2CC(C)(O)C(O)C(C)O2)C(C)C(OC2OC(C)CC(N(C)C)C2O)C(C)(O)CC(C)C(=O)C(C)C(O)C1(C)O. The van der Waals surface area contributed by atoms with Gasteiger partial charge < -0.3 is 59.2 Å². The van der Waals surface area contributed by atoms with Crippen LogP contribution in [0.25, 0.3) is 0 Å². The van der Waals surface area contributed by atoms with Crippen LogP contribution in [0.1, 0.15) is 94.9 Å². The number of rotatable bonds is 6. The summed E-state index contributed by atoms with van der Waals surface area (Å²) >= 11 is 0. The molecule has 50 heavy (non-hydrogen) atoms. The third kappa shape index (κ3) is 9.25. The lowest BCUT2D eigenvalue weighted by atomic mass is 9.74. The van der Waals surface area contributed by atoms with Crippen LogP contribution < -0.4 is 0 Å². The molecule has 14 nitrogen and oxygen atoms in total. The van der Waals surface area contributed by atoms with E-state index in [1.165, 1.54) is 27.7 Å². The van der Waals surface area contributed by atoms with Crippen LogP contribution in [0, 0.1) is 23.7 Å². The van der Waals surface area contributed by atoms with Crippen molar-refractivity contribution in [1.82, 2.24) is 4.90 Å². The van der Waals surface area contributed by atoms with Crippen molar-refractivity contribution in [2.75, 3.05) is 14.1 Å². The summed E-state index contributed by atoms with van der Waals surface area (Å²) in [6.07, 6.45) is -10.7. The zero-order chi connectivity index (χ0) is 38.3. The van der Waals surface area contributed by atoms with Crippen molar-refractivity contribution in [2.45, 2.75) is 179 Å². The zero-order valence-electron chi connectivity index (χ0n) is 32.0. The van der Waals surface area contributed by atoms with Crippen molar-refractivity contribution in [2.24, 2.45) is 23.7 Å². The summed E-state index contributed by atoms with van der Waals surface area (Å²) in [4.78, 5) is 29.6. The first kappa shape index (κ1) is 43.1. The van der Waals surface area contributed by atoms with Crippen molar-refractivity contribution in [3.8, 4) is 0 Å². The zero-order valence-corrected chi connectivity index (χ0v) is 32.0. The largest absolute Gasteiger partial charge is 0.459 e. The minimum absolute atomic E-state index is 0.118. The van der Waals surface area contributed by atoms with E-state index in [-0.39, 0.29) is 31.4 Å². The molecule has 3 aliphatic heterocycles. The molecule has 3 heterocycles. The molecule has 18 atom stereocenters. The average molecular weight is 720 g/mol. The highest BCUT2D eigenvalue weighted by atomic mass is 16.7. The second kappa shape index (κ2) is 16.4. The van der Waals surface area contributed by atoms with E-state index in [2.05, 4.69) is 0 Å². The number of nitrogens with zero attached hydrogens (tertiary/aromatic N) is 1. The fourth-order valence-corrected chi connectivity index (χ4v) is 8.22. The Bertz CT molecular complexity index is 1150. The molecule has 0 aromatic heterocycles. The molecule has 0 radical (unpaired) electrons. The summed E-state index contributed by atoms with van der Waals surface area (Å²) in [6.45, 7) is 15.8. The Kier molecular flexibility index (Phi) is 14.1. The summed E-state index contributed by atoms with van der Waals surface area (Å²) in [6, 6.07) is -0.337. The highest BCUT2D eigenvalue weighted by Crippen LogP contribution is 2.40. The van der Waals surface area contributed by atoms with Crippen LogP contribution in [0.15, 0.2) is 0 Å². The van der Waals surface area contributed by atoms with Gasteiger partial charge in [0, 0.05) is 30.2 Å². The molecule has 6 N–H and O–H groups in total. The van der Waals surface area contributed by atoms with Crippen molar-refractivity contribution >= 4 is 11.8 Å². The maximum atomic E-state index is 14.0. The molecule has 3 saturated heterocycles. The van der Waals surface area contributed by atoms with E-state index in [9.17, 15) is 40.2 Å². The Balaban J connectivity index is 2.17. The molecule has 0 aromatic carbocycles. The van der Waals surface area contributed by atoms with Crippen LogP contribution in [0.3, 0.4) is 0 Å². The van der Waals surface area contributed by atoms with Crippen LogP contribution in [0.2, 0.25) is 0 Å². The molecule has 0 spiro atoms. The standard InChI is InChI=1S/C36H65NO13/c1-13-24-36(10,45)29(40)19(4)26(38)17(2)15-35(9,44)31(50-33-27(39)23(37(11)12)14-18(3)46-33)20(5)28(21(6)32(42)48-24)49-25-16-34(8,43)30(41)22(7)47-25/h17-25,27-31,33,39-41,43-45H,13-16H2,1-12H3. The summed E-state index contributed by atoms with van der Waals surface area (Å²) in [5.74, 6) is -5.14. The van der Waals surface area contributed by atoms with E-state index in [4.69, 9.17) is 23.7 Å². The molecule has 0 aromatic rings. The van der Waals surface area contributed by atoms with Gasteiger partial charge in [-0.25, -0.2) is 0 Å². The van der Waals surface area contributed by atoms with Crippen LogP contribution in [0.5, 0.6) is 0 Å². The fraction of sp³-hybridized carbons (Fsp3) is 0.944. The third-order valence-electron chi connectivity index (χ3n) is 11.4. The van der Waals surface area contributed by atoms with Crippen LogP contribution in [0.4, 0.5) is 0 Å². The minimum Gasteiger partial charge on any atom is -0.459 e. The maximum absolute atomic E-state index is 14.0. The van der Waals surface area contributed by atoms with E-state index in [0.717, 1.165) is 0 Å². The number of Topliss-reactive ketones (excluding diaryl/α,β-unsaturated/α-hetero) is 1. The number of ether oxygens (including phenoxy) is 5. The molecule has 3 fully saturated rings. The number of aliphatic hydroxyl groups excluding tert-OH is 3. The van der Waals surface area contributed by atoms with Gasteiger partial charge in [-0.3, -0.25) is 9.59 Å². The lowest BCUT2D eigenvalue weighted by molar-refractivity contribution is -0.316. The normalized spacial score (nSPS) is 50.5. The maximum Gasteiger partial charge on any atom is 0.311 e. The summed E-state index contributed by atoms with van der Waals surface area (Å²) in [5.41, 5.74) is -5.42.